The van der Waals surface area contributed by atoms with Crippen LogP contribution in [0.3, 0.4) is 0 Å². The van der Waals surface area contributed by atoms with Crippen LogP contribution in [0.25, 0.3) is 0 Å². The minimum atomic E-state index is -4.30. The van der Waals surface area contributed by atoms with Crippen LogP contribution in [-0.2, 0) is 17.4 Å². The first kappa shape index (κ1) is 20.2. The van der Waals surface area contributed by atoms with Gasteiger partial charge in [0, 0.05) is 18.5 Å². The minimum Gasteiger partial charge on any atom is -0.396 e. The first-order valence-corrected chi connectivity index (χ1v) is 9.74. The van der Waals surface area contributed by atoms with Crippen LogP contribution in [0.4, 0.5) is 13.2 Å². The summed E-state index contributed by atoms with van der Waals surface area (Å²) in [6.07, 6.45) is 0.285. The number of benzene rings is 1. The molecule has 1 N–H and O–H groups in total. The number of aliphatic hydroxyl groups excluding tert-OH is 1. The lowest BCUT2D eigenvalue weighted by Crippen LogP contribution is -2.59. The first-order valence-electron chi connectivity index (χ1n) is 9.74. The molecule has 3 rings (SSSR count). The molecule has 1 aliphatic carbocycles. The number of aryl methyl sites for hydroxylation is 1. The molecular formula is C21H28F3NO2. The number of nitrogens with zero attached hydrogens (tertiary/aromatic N) is 1. The maximum atomic E-state index is 12.9. The molecule has 0 radical (unpaired) electrons. The monoisotopic (exact) mass is 383 g/mol. The summed E-state index contributed by atoms with van der Waals surface area (Å²) in [6.45, 7) is 4.83. The van der Waals surface area contributed by atoms with Crippen molar-refractivity contribution in [1.82, 2.24) is 4.90 Å². The molecule has 1 amide bonds. The smallest absolute Gasteiger partial charge is 0.396 e. The lowest BCUT2D eigenvalue weighted by molar-refractivity contribution is -0.149. The Labute approximate surface area is 158 Å². The average Bonchev–Trinajstić information content (AvgIpc) is 2.97. The molecule has 0 aromatic heterocycles. The van der Waals surface area contributed by atoms with E-state index in [4.69, 9.17) is 0 Å². The summed E-state index contributed by atoms with van der Waals surface area (Å²) in [6, 6.07) is 4.46. The Kier molecular flexibility index (Phi) is 5.57. The van der Waals surface area contributed by atoms with Gasteiger partial charge in [0.25, 0.3) is 0 Å². The van der Waals surface area contributed by atoms with Gasteiger partial charge in [0.2, 0.25) is 5.91 Å². The normalized spacial score (nSPS) is 22.7. The van der Waals surface area contributed by atoms with Crippen LogP contribution >= 0.6 is 0 Å². The SMILES string of the molecule is CC[C@H](CO)C(=O)N1CC2(CCC(Cc3ccc(C(F)(F)F)c(C)c3)C2)C1. The molecule has 1 spiro atoms. The Morgan fingerprint density at radius 2 is 2.07 bits per heavy atom. The molecule has 2 fully saturated rings. The van der Waals surface area contributed by atoms with Gasteiger partial charge in [-0.05, 0) is 62.1 Å². The van der Waals surface area contributed by atoms with Crippen LogP contribution < -0.4 is 0 Å². The molecule has 2 atom stereocenters. The highest BCUT2D eigenvalue weighted by molar-refractivity contribution is 5.80. The second kappa shape index (κ2) is 7.46. The van der Waals surface area contributed by atoms with Gasteiger partial charge < -0.3 is 10.0 Å². The Hall–Kier alpha value is -1.56. The first-order chi connectivity index (χ1) is 12.7. The topological polar surface area (TPSA) is 40.5 Å². The third kappa shape index (κ3) is 4.15. The van der Waals surface area contributed by atoms with Crippen LogP contribution in [0.15, 0.2) is 18.2 Å². The van der Waals surface area contributed by atoms with Crippen LogP contribution in [0.5, 0.6) is 0 Å². The number of aliphatic hydroxyl groups is 1. The van der Waals surface area contributed by atoms with Gasteiger partial charge in [0.15, 0.2) is 0 Å². The van der Waals surface area contributed by atoms with E-state index in [2.05, 4.69) is 0 Å². The molecular weight excluding hydrogens is 355 g/mol. The van der Waals surface area contributed by atoms with Gasteiger partial charge in [-0.2, -0.15) is 13.2 Å². The third-order valence-corrected chi connectivity index (χ3v) is 6.35. The summed E-state index contributed by atoms with van der Waals surface area (Å²) in [5.74, 6) is 0.209. The molecule has 150 valence electrons. The van der Waals surface area contributed by atoms with Crippen LogP contribution in [0.1, 0.15) is 49.3 Å². The summed E-state index contributed by atoms with van der Waals surface area (Å²) in [5.41, 5.74) is 0.857. The Morgan fingerprint density at radius 3 is 2.63 bits per heavy atom. The van der Waals surface area contributed by atoms with Crippen molar-refractivity contribution in [2.75, 3.05) is 19.7 Å². The number of amides is 1. The number of hydrogen-bond acceptors (Lipinski definition) is 2. The van der Waals surface area contributed by atoms with Gasteiger partial charge in [0.1, 0.15) is 0 Å². The molecule has 0 bridgehead atoms. The minimum absolute atomic E-state index is 0.0486. The summed E-state index contributed by atoms with van der Waals surface area (Å²) in [5, 5.41) is 9.30. The molecule has 1 aromatic rings. The standard InChI is InChI=1S/C21H28F3NO2/c1-3-17(11-26)19(27)25-12-20(13-25)7-6-16(10-20)9-15-4-5-18(14(2)8-15)21(22,23)24/h4-5,8,16-17,26H,3,6-7,9-13H2,1-2H3/t16?,17-/m1/s1. The van der Waals surface area contributed by atoms with Crippen molar-refractivity contribution in [3.63, 3.8) is 0 Å². The number of halogens is 3. The lowest BCUT2D eigenvalue weighted by atomic mass is 9.76. The molecule has 1 heterocycles. The van der Waals surface area contributed by atoms with E-state index >= 15 is 0 Å². The fourth-order valence-corrected chi connectivity index (χ4v) is 4.85. The average molecular weight is 383 g/mol. The molecule has 1 unspecified atom stereocenters. The second-order valence-electron chi connectivity index (χ2n) is 8.44. The lowest BCUT2D eigenvalue weighted by Gasteiger charge is -2.49. The van der Waals surface area contributed by atoms with E-state index in [0.29, 0.717) is 12.3 Å². The molecule has 3 nitrogen and oxygen atoms in total. The highest BCUT2D eigenvalue weighted by atomic mass is 19.4. The van der Waals surface area contributed by atoms with Gasteiger partial charge in [0.05, 0.1) is 18.1 Å². The van der Waals surface area contributed by atoms with E-state index in [1.54, 1.807) is 12.1 Å². The maximum absolute atomic E-state index is 12.9. The molecule has 1 saturated heterocycles. The van der Waals surface area contributed by atoms with E-state index in [1.807, 2.05) is 11.8 Å². The zero-order valence-corrected chi connectivity index (χ0v) is 16.0. The van der Waals surface area contributed by atoms with Gasteiger partial charge in [-0.15, -0.1) is 0 Å². The van der Waals surface area contributed by atoms with Crippen molar-refractivity contribution >= 4 is 5.91 Å². The number of rotatable bonds is 5. The van der Waals surface area contributed by atoms with Crippen molar-refractivity contribution < 1.29 is 23.1 Å². The quantitative estimate of drug-likeness (QED) is 0.828. The Bertz CT molecular complexity index is 691. The number of hydrogen-bond donors (Lipinski definition) is 1. The molecule has 6 heteroatoms. The van der Waals surface area contributed by atoms with Crippen LogP contribution in [0.2, 0.25) is 0 Å². The zero-order chi connectivity index (χ0) is 19.8. The predicted molar refractivity (Wildman–Crippen MR) is 97.1 cm³/mol. The second-order valence-corrected chi connectivity index (χ2v) is 8.44. The number of carbonyl (C=O) groups is 1. The van der Waals surface area contributed by atoms with Crippen molar-refractivity contribution in [2.24, 2.45) is 17.3 Å². The maximum Gasteiger partial charge on any atom is 0.416 e. The Balaban J connectivity index is 1.56. The number of likely N-dealkylation sites (tertiary alicyclic amines) is 1. The Morgan fingerprint density at radius 1 is 1.37 bits per heavy atom. The molecule has 1 aromatic carbocycles. The largest absolute Gasteiger partial charge is 0.416 e. The third-order valence-electron chi connectivity index (χ3n) is 6.35. The molecule has 1 aliphatic heterocycles. The fraction of sp³-hybridized carbons (Fsp3) is 0.667. The number of carbonyl (C=O) groups excluding carboxylic acids is 1. The van der Waals surface area contributed by atoms with Gasteiger partial charge in [-0.25, -0.2) is 0 Å². The van der Waals surface area contributed by atoms with E-state index in [0.717, 1.165) is 44.3 Å². The highest BCUT2D eigenvalue weighted by Crippen LogP contribution is 2.49. The van der Waals surface area contributed by atoms with E-state index in [9.17, 15) is 23.1 Å². The van der Waals surface area contributed by atoms with Crippen LogP contribution in [0, 0.1) is 24.2 Å². The van der Waals surface area contributed by atoms with Crippen molar-refractivity contribution in [3.05, 3.63) is 34.9 Å². The predicted octanol–water partition coefficient (Wildman–Crippen LogP) is 4.20. The zero-order valence-electron chi connectivity index (χ0n) is 16.0. The molecule has 27 heavy (non-hydrogen) atoms. The highest BCUT2D eigenvalue weighted by Gasteiger charge is 2.50. The fourth-order valence-electron chi connectivity index (χ4n) is 4.85. The van der Waals surface area contributed by atoms with Gasteiger partial charge >= 0.3 is 6.18 Å². The summed E-state index contributed by atoms with van der Waals surface area (Å²) < 4.78 is 38.7. The summed E-state index contributed by atoms with van der Waals surface area (Å²) in [4.78, 5) is 14.2. The summed E-state index contributed by atoms with van der Waals surface area (Å²) in [7, 11) is 0. The molecule has 1 saturated carbocycles. The molecule has 2 aliphatic rings. The van der Waals surface area contributed by atoms with Gasteiger partial charge in [-0.3, -0.25) is 4.79 Å². The van der Waals surface area contributed by atoms with Gasteiger partial charge in [-0.1, -0.05) is 19.1 Å². The van der Waals surface area contributed by atoms with Crippen LogP contribution in [-0.4, -0.2) is 35.6 Å². The van der Waals surface area contributed by atoms with E-state index in [1.165, 1.54) is 13.0 Å². The van der Waals surface area contributed by atoms with Crippen molar-refractivity contribution in [1.29, 1.82) is 0 Å². The van der Waals surface area contributed by atoms with E-state index in [-0.39, 0.29) is 29.4 Å². The van der Waals surface area contributed by atoms with Crippen molar-refractivity contribution in [2.45, 2.75) is 52.1 Å². The summed E-state index contributed by atoms with van der Waals surface area (Å²) >= 11 is 0. The van der Waals surface area contributed by atoms with E-state index < -0.39 is 11.7 Å². The van der Waals surface area contributed by atoms with Crippen molar-refractivity contribution in [3.8, 4) is 0 Å². The number of alkyl halides is 3.